The van der Waals surface area contributed by atoms with E-state index in [9.17, 15) is 10.1 Å². The van der Waals surface area contributed by atoms with Crippen LogP contribution in [0.3, 0.4) is 0 Å². The van der Waals surface area contributed by atoms with E-state index < -0.39 is 4.92 Å². The third-order valence-electron chi connectivity index (χ3n) is 2.88. The maximum Gasteiger partial charge on any atom is 0.278 e. The van der Waals surface area contributed by atoms with Gasteiger partial charge in [0, 0.05) is 12.3 Å². The molecule has 1 atom stereocenters. The number of anilines is 1. The second-order valence-electron chi connectivity index (χ2n) is 4.06. The van der Waals surface area contributed by atoms with E-state index in [0.717, 1.165) is 6.42 Å². The summed E-state index contributed by atoms with van der Waals surface area (Å²) in [5.74, 6) is 2.63. The Hall–Kier alpha value is -2.61. The number of pyridine rings is 1. The van der Waals surface area contributed by atoms with Crippen LogP contribution in [-0.4, -0.2) is 15.9 Å². The summed E-state index contributed by atoms with van der Waals surface area (Å²) in [4.78, 5) is 14.8. The fourth-order valence-electron chi connectivity index (χ4n) is 1.88. The molecule has 5 nitrogen and oxygen atoms in total. The number of rotatable bonds is 4. The van der Waals surface area contributed by atoms with Gasteiger partial charge in [0.2, 0.25) is 0 Å². The van der Waals surface area contributed by atoms with E-state index in [4.69, 9.17) is 6.42 Å². The second-order valence-corrected chi connectivity index (χ2v) is 4.06. The number of nitro groups is 1. The molecule has 0 aliphatic rings. The largest absolute Gasteiger partial charge is 0.370 e. The average Bonchev–Trinajstić information content (AvgIpc) is 2.44. The lowest BCUT2D eigenvalue weighted by atomic mass is 10.1. The lowest BCUT2D eigenvalue weighted by Crippen LogP contribution is -2.16. The van der Waals surface area contributed by atoms with Gasteiger partial charge in [0.25, 0.3) is 5.69 Å². The molecule has 2 aromatic rings. The molecule has 0 saturated heterocycles. The highest BCUT2D eigenvalue weighted by Gasteiger charge is 2.15. The van der Waals surface area contributed by atoms with Gasteiger partial charge in [0.15, 0.2) is 0 Å². The Morgan fingerprint density at radius 3 is 2.95 bits per heavy atom. The quantitative estimate of drug-likeness (QED) is 0.518. The lowest BCUT2D eigenvalue weighted by Gasteiger charge is -2.13. The van der Waals surface area contributed by atoms with Gasteiger partial charge in [-0.1, -0.05) is 12.8 Å². The predicted molar refractivity (Wildman–Crippen MR) is 74.9 cm³/mol. The van der Waals surface area contributed by atoms with Gasteiger partial charge >= 0.3 is 0 Å². The van der Waals surface area contributed by atoms with Crippen molar-refractivity contribution < 1.29 is 4.92 Å². The van der Waals surface area contributed by atoms with Crippen LogP contribution in [0.5, 0.6) is 0 Å². The average molecular weight is 255 g/mol. The highest BCUT2D eigenvalue weighted by atomic mass is 16.6. The summed E-state index contributed by atoms with van der Waals surface area (Å²) in [6.45, 7) is 1.97. The van der Waals surface area contributed by atoms with E-state index in [1.807, 2.05) is 6.92 Å². The molecule has 0 amide bonds. The first-order chi connectivity index (χ1) is 9.17. The van der Waals surface area contributed by atoms with Crippen LogP contribution in [0.4, 0.5) is 11.4 Å². The zero-order chi connectivity index (χ0) is 13.8. The topological polar surface area (TPSA) is 68.1 Å². The summed E-state index contributed by atoms with van der Waals surface area (Å²) in [6.07, 6.45) is 7.78. The van der Waals surface area contributed by atoms with Crippen LogP contribution in [0.2, 0.25) is 0 Å². The van der Waals surface area contributed by atoms with Gasteiger partial charge in [0.05, 0.1) is 22.0 Å². The van der Waals surface area contributed by atoms with Crippen molar-refractivity contribution >= 4 is 22.3 Å². The van der Waals surface area contributed by atoms with Gasteiger partial charge in [-0.2, -0.15) is 0 Å². The van der Waals surface area contributed by atoms with Gasteiger partial charge < -0.3 is 5.32 Å². The number of non-ortho nitro benzene ring substituents is 1. The van der Waals surface area contributed by atoms with Crippen molar-refractivity contribution in [3.63, 3.8) is 0 Å². The molecular formula is C14H13N3O2. The van der Waals surface area contributed by atoms with Crippen LogP contribution in [0.1, 0.15) is 13.3 Å². The molecule has 0 radical (unpaired) electrons. The van der Waals surface area contributed by atoms with Crippen LogP contribution in [-0.2, 0) is 0 Å². The molecule has 0 saturated carbocycles. The highest BCUT2D eigenvalue weighted by Crippen LogP contribution is 2.30. The SMILES string of the molecule is C#CC(CC)Nc1ccc([N+](=O)[O-])c2cccnc12. The van der Waals surface area contributed by atoms with Crippen molar-refractivity contribution in [2.45, 2.75) is 19.4 Å². The minimum Gasteiger partial charge on any atom is -0.370 e. The highest BCUT2D eigenvalue weighted by molar-refractivity contribution is 5.96. The number of hydrogen-bond acceptors (Lipinski definition) is 4. The summed E-state index contributed by atoms with van der Waals surface area (Å²) < 4.78 is 0. The van der Waals surface area contributed by atoms with Gasteiger partial charge in [-0.3, -0.25) is 15.1 Å². The van der Waals surface area contributed by atoms with Crippen molar-refractivity contribution in [3.05, 3.63) is 40.6 Å². The van der Waals surface area contributed by atoms with E-state index >= 15 is 0 Å². The number of hydrogen-bond donors (Lipinski definition) is 1. The number of nitrogens with zero attached hydrogens (tertiary/aromatic N) is 2. The van der Waals surface area contributed by atoms with Gasteiger partial charge in [-0.15, -0.1) is 6.42 Å². The molecule has 0 bridgehead atoms. The number of aromatic nitrogens is 1. The Bertz CT molecular complexity index is 661. The molecule has 19 heavy (non-hydrogen) atoms. The fourth-order valence-corrected chi connectivity index (χ4v) is 1.88. The Labute approximate surface area is 110 Å². The molecule has 0 spiro atoms. The van der Waals surface area contributed by atoms with Crippen LogP contribution >= 0.6 is 0 Å². The Kier molecular flexibility index (Phi) is 3.62. The molecule has 2 rings (SSSR count). The van der Waals surface area contributed by atoms with Gasteiger partial charge in [-0.25, -0.2) is 0 Å². The first-order valence-corrected chi connectivity index (χ1v) is 5.92. The second kappa shape index (κ2) is 5.36. The summed E-state index contributed by atoms with van der Waals surface area (Å²) in [7, 11) is 0. The smallest absolute Gasteiger partial charge is 0.278 e. The third-order valence-corrected chi connectivity index (χ3v) is 2.88. The molecular weight excluding hydrogens is 242 g/mol. The van der Waals surface area contributed by atoms with E-state index in [1.165, 1.54) is 6.07 Å². The summed E-state index contributed by atoms with van der Waals surface area (Å²) in [5, 5.41) is 14.7. The maximum atomic E-state index is 11.0. The van der Waals surface area contributed by atoms with Crippen molar-refractivity contribution in [1.82, 2.24) is 4.98 Å². The standard InChI is InChI=1S/C14H13N3O2/c1-3-10(4-2)16-12-7-8-13(17(18)19)11-6-5-9-15-14(11)12/h1,5-10,16H,4H2,2H3. The molecule has 1 heterocycles. The molecule has 0 fully saturated rings. The predicted octanol–water partition coefficient (Wildman–Crippen LogP) is 2.97. The number of nitrogens with one attached hydrogen (secondary N) is 1. The first-order valence-electron chi connectivity index (χ1n) is 5.92. The van der Waals surface area contributed by atoms with Crippen molar-refractivity contribution in [2.24, 2.45) is 0 Å². The first kappa shape index (κ1) is 12.8. The Morgan fingerprint density at radius 2 is 2.32 bits per heavy atom. The summed E-state index contributed by atoms with van der Waals surface area (Å²) in [5.41, 5.74) is 1.32. The monoisotopic (exact) mass is 255 g/mol. The number of terminal acetylenes is 1. The minimum atomic E-state index is -0.410. The van der Waals surface area contributed by atoms with E-state index in [0.29, 0.717) is 16.6 Å². The Balaban J connectivity index is 2.56. The van der Waals surface area contributed by atoms with Crippen molar-refractivity contribution in [1.29, 1.82) is 0 Å². The fraction of sp³-hybridized carbons (Fsp3) is 0.214. The number of nitro benzene ring substituents is 1. The third kappa shape index (κ3) is 2.47. The molecule has 5 heteroatoms. The van der Waals surface area contributed by atoms with Crippen molar-refractivity contribution in [3.8, 4) is 12.3 Å². The number of benzene rings is 1. The van der Waals surface area contributed by atoms with Crippen LogP contribution in [0.25, 0.3) is 10.9 Å². The molecule has 1 unspecified atom stereocenters. The minimum absolute atomic E-state index is 0.0439. The van der Waals surface area contributed by atoms with Crippen LogP contribution in [0, 0.1) is 22.5 Å². The van der Waals surface area contributed by atoms with E-state index in [-0.39, 0.29) is 11.7 Å². The van der Waals surface area contributed by atoms with Gasteiger partial charge in [-0.05, 0) is 24.6 Å². The van der Waals surface area contributed by atoms with Crippen molar-refractivity contribution in [2.75, 3.05) is 5.32 Å². The van der Waals surface area contributed by atoms with Gasteiger partial charge in [0.1, 0.15) is 5.52 Å². The lowest BCUT2D eigenvalue weighted by molar-refractivity contribution is -0.383. The normalized spacial score (nSPS) is 11.8. The molecule has 1 N–H and O–H groups in total. The van der Waals surface area contributed by atoms with E-state index in [1.54, 1.807) is 24.4 Å². The summed E-state index contributed by atoms with van der Waals surface area (Å²) >= 11 is 0. The molecule has 0 aliphatic heterocycles. The zero-order valence-corrected chi connectivity index (χ0v) is 10.5. The van der Waals surface area contributed by atoms with Crippen LogP contribution < -0.4 is 5.32 Å². The molecule has 96 valence electrons. The van der Waals surface area contributed by atoms with E-state index in [2.05, 4.69) is 16.2 Å². The molecule has 1 aromatic carbocycles. The molecule has 0 aliphatic carbocycles. The zero-order valence-electron chi connectivity index (χ0n) is 10.5. The molecule has 1 aromatic heterocycles. The number of fused-ring (bicyclic) bond motifs is 1. The summed E-state index contributed by atoms with van der Waals surface area (Å²) in [6, 6.07) is 6.36. The Morgan fingerprint density at radius 1 is 1.53 bits per heavy atom. The van der Waals surface area contributed by atoms with Crippen LogP contribution in [0.15, 0.2) is 30.5 Å². The maximum absolute atomic E-state index is 11.0.